The lowest BCUT2D eigenvalue weighted by atomic mass is 10.2. The smallest absolute Gasteiger partial charge is 0.200 e. The summed E-state index contributed by atoms with van der Waals surface area (Å²) in [6.45, 7) is 0.707. The Kier molecular flexibility index (Phi) is 2.93. The van der Waals surface area contributed by atoms with Gasteiger partial charge >= 0.3 is 0 Å². The van der Waals surface area contributed by atoms with Crippen molar-refractivity contribution in [3.63, 3.8) is 0 Å². The number of nitrogens with one attached hydrogen (secondary N) is 2. The van der Waals surface area contributed by atoms with Gasteiger partial charge in [0, 0.05) is 6.54 Å². The van der Waals surface area contributed by atoms with Crippen LogP contribution in [0.3, 0.4) is 0 Å². The summed E-state index contributed by atoms with van der Waals surface area (Å²) in [7, 11) is 0. The number of aromatic nitrogens is 4. The molecular formula is C12H10BrN5. The zero-order valence-corrected chi connectivity index (χ0v) is 11.0. The second kappa shape index (κ2) is 4.73. The van der Waals surface area contributed by atoms with Gasteiger partial charge in [0.2, 0.25) is 4.73 Å². The Balaban J connectivity index is 1.88. The molecule has 0 aliphatic rings. The summed E-state index contributed by atoms with van der Waals surface area (Å²) in [6.07, 6.45) is 1.61. The second-order valence-corrected chi connectivity index (χ2v) is 4.49. The van der Waals surface area contributed by atoms with Gasteiger partial charge in [-0.2, -0.15) is 0 Å². The van der Waals surface area contributed by atoms with Crippen molar-refractivity contribution in [2.75, 3.05) is 5.32 Å². The fourth-order valence-electron chi connectivity index (χ4n) is 1.72. The standard InChI is InChI=1S/C12H10BrN5/c13-12-17-10(9-11(18-12)16-7-15-9)14-6-8-4-2-1-3-5-8/h1-5,7H,6H2,(H2,14,15,16,17,18). The van der Waals surface area contributed by atoms with Crippen LogP contribution in [0.2, 0.25) is 0 Å². The van der Waals surface area contributed by atoms with E-state index < -0.39 is 0 Å². The fourth-order valence-corrected chi connectivity index (χ4v) is 2.06. The normalized spacial score (nSPS) is 10.7. The van der Waals surface area contributed by atoms with Gasteiger partial charge < -0.3 is 10.3 Å². The average Bonchev–Trinajstić information content (AvgIpc) is 2.85. The zero-order chi connectivity index (χ0) is 12.4. The summed E-state index contributed by atoms with van der Waals surface area (Å²) >= 11 is 3.28. The number of benzene rings is 1. The van der Waals surface area contributed by atoms with Crippen LogP contribution in [-0.2, 0) is 6.54 Å². The maximum Gasteiger partial charge on any atom is 0.200 e. The fraction of sp³-hybridized carbons (Fsp3) is 0.0833. The van der Waals surface area contributed by atoms with Gasteiger partial charge in [0.1, 0.15) is 5.52 Å². The number of aromatic amines is 1. The summed E-state index contributed by atoms with van der Waals surface area (Å²) in [4.78, 5) is 15.6. The largest absolute Gasteiger partial charge is 0.364 e. The molecular weight excluding hydrogens is 294 g/mol. The van der Waals surface area contributed by atoms with Crippen molar-refractivity contribution in [3.8, 4) is 0 Å². The van der Waals surface area contributed by atoms with Crippen molar-refractivity contribution in [1.29, 1.82) is 0 Å². The number of rotatable bonds is 3. The zero-order valence-electron chi connectivity index (χ0n) is 9.39. The summed E-state index contributed by atoms with van der Waals surface area (Å²) in [6, 6.07) is 10.1. The van der Waals surface area contributed by atoms with Crippen LogP contribution in [0.5, 0.6) is 0 Å². The Hall–Kier alpha value is -1.95. The van der Waals surface area contributed by atoms with Crippen LogP contribution in [-0.4, -0.2) is 19.9 Å². The number of halogens is 1. The molecule has 0 bridgehead atoms. The van der Waals surface area contributed by atoms with E-state index in [1.165, 1.54) is 5.56 Å². The number of hydrogen-bond donors (Lipinski definition) is 2. The molecule has 6 heteroatoms. The average molecular weight is 304 g/mol. The van der Waals surface area contributed by atoms with E-state index in [-0.39, 0.29) is 0 Å². The molecule has 0 aliphatic carbocycles. The Labute approximate surface area is 112 Å². The number of anilines is 1. The molecule has 1 aromatic carbocycles. The third-order valence-corrected chi connectivity index (χ3v) is 2.92. The molecule has 0 aliphatic heterocycles. The van der Waals surface area contributed by atoms with Crippen molar-refractivity contribution < 1.29 is 0 Å². The molecule has 0 unspecified atom stereocenters. The molecule has 0 spiro atoms. The van der Waals surface area contributed by atoms with E-state index in [4.69, 9.17) is 0 Å². The van der Waals surface area contributed by atoms with Gasteiger partial charge in [-0.15, -0.1) is 0 Å². The molecule has 2 N–H and O–H groups in total. The lowest BCUT2D eigenvalue weighted by molar-refractivity contribution is 1.08. The van der Waals surface area contributed by atoms with Crippen LogP contribution >= 0.6 is 15.9 Å². The lowest BCUT2D eigenvalue weighted by Gasteiger charge is -2.06. The number of imidazole rings is 1. The van der Waals surface area contributed by atoms with Crippen LogP contribution in [0.4, 0.5) is 5.82 Å². The van der Waals surface area contributed by atoms with E-state index in [0.29, 0.717) is 16.9 Å². The molecule has 0 saturated carbocycles. The van der Waals surface area contributed by atoms with Crippen LogP contribution < -0.4 is 5.32 Å². The van der Waals surface area contributed by atoms with Gasteiger partial charge in [-0.05, 0) is 21.5 Å². The first-order valence-corrected chi connectivity index (χ1v) is 6.26. The topological polar surface area (TPSA) is 66.5 Å². The Bertz CT molecular complexity index is 665. The molecule has 18 heavy (non-hydrogen) atoms. The van der Waals surface area contributed by atoms with Crippen LogP contribution in [0.15, 0.2) is 41.4 Å². The molecule has 0 radical (unpaired) electrons. The van der Waals surface area contributed by atoms with Crippen molar-refractivity contribution in [1.82, 2.24) is 19.9 Å². The Morgan fingerprint density at radius 2 is 2.00 bits per heavy atom. The van der Waals surface area contributed by atoms with E-state index in [0.717, 1.165) is 11.3 Å². The molecule has 0 fully saturated rings. The highest BCUT2D eigenvalue weighted by atomic mass is 79.9. The van der Waals surface area contributed by atoms with E-state index in [1.807, 2.05) is 18.2 Å². The number of H-pyrrole nitrogens is 1. The Morgan fingerprint density at radius 3 is 2.83 bits per heavy atom. The molecule has 90 valence electrons. The summed E-state index contributed by atoms with van der Waals surface area (Å²) < 4.78 is 0.526. The summed E-state index contributed by atoms with van der Waals surface area (Å²) in [5.74, 6) is 0.744. The van der Waals surface area contributed by atoms with Gasteiger partial charge in [0.15, 0.2) is 11.5 Å². The number of hydrogen-bond acceptors (Lipinski definition) is 4. The third kappa shape index (κ3) is 2.19. The van der Waals surface area contributed by atoms with Gasteiger partial charge in [0.05, 0.1) is 6.33 Å². The predicted molar refractivity (Wildman–Crippen MR) is 73.2 cm³/mol. The van der Waals surface area contributed by atoms with E-state index >= 15 is 0 Å². The van der Waals surface area contributed by atoms with Crippen molar-refractivity contribution >= 4 is 32.9 Å². The first-order chi connectivity index (χ1) is 8.83. The SMILES string of the molecule is Brc1nc(NCc2ccccc2)c2[nH]cnc2n1. The summed E-state index contributed by atoms with van der Waals surface area (Å²) in [5.41, 5.74) is 2.65. The van der Waals surface area contributed by atoms with E-state index in [1.54, 1.807) is 6.33 Å². The molecule has 5 nitrogen and oxygen atoms in total. The first kappa shape index (κ1) is 11.2. The second-order valence-electron chi connectivity index (χ2n) is 3.78. The molecule has 0 saturated heterocycles. The quantitative estimate of drug-likeness (QED) is 0.730. The minimum Gasteiger partial charge on any atom is -0.364 e. The van der Waals surface area contributed by atoms with Gasteiger partial charge in [-0.1, -0.05) is 30.3 Å². The maximum atomic E-state index is 4.31. The van der Waals surface area contributed by atoms with Gasteiger partial charge in [0.25, 0.3) is 0 Å². The molecule has 2 heterocycles. The minimum atomic E-state index is 0.526. The monoisotopic (exact) mass is 303 g/mol. The third-order valence-electron chi connectivity index (χ3n) is 2.56. The van der Waals surface area contributed by atoms with Gasteiger partial charge in [-0.3, -0.25) is 0 Å². The van der Waals surface area contributed by atoms with E-state index in [2.05, 4.69) is 53.3 Å². The van der Waals surface area contributed by atoms with Gasteiger partial charge in [-0.25, -0.2) is 15.0 Å². The number of nitrogens with zero attached hydrogens (tertiary/aromatic N) is 3. The van der Waals surface area contributed by atoms with E-state index in [9.17, 15) is 0 Å². The first-order valence-electron chi connectivity index (χ1n) is 5.47. The van der Waals surface area contributed by atoms with Crippen LogP contribution in [0, 0.1) is 0 Å². The highest BCUT2D eigenvalue weighted by molar-refractivity contribution is 9.10. The van der Waals surface area contributed by atoms with Crippen molar-refractivity contribution in [2.24, 2.45) is 0 Å². The molecule has 0 atom stereocenters. The van der Waals surface area contributed by atoms with Crippen molar-refractivity contribution in [3.05, 3.63) is 47.0 Å². The predicted octanol–water partition coefficient (Wildman–Crippen LogP) is 2.73. The van der Waals surface area contributed by atoms with Crippen LogP contribution in [0.1, 0.15) is 5.56 Å². The molecule has 3 aromatic rings. The molecule has 0 amide bonds. The Morgan fingerprint density at radius 1 is 1.17 bits per heavy atom. The van der Waals surface area contributed by atoms with Crippen molar-refractivity contribution in [2.45, 2.75) is 6.54 Å². The highest BCUT2D eigenvalue weighted by Crippen LogP contribution is 2.19. The number of fused-ring (bicyclic) bond motifs is 1. The van der Waals surface area contributed by atoms with Crippen LogP contribution in [0.25, 0.3) is 11.2 Å². The minimum absolute atomic E-state index is 0.526. The molecule has 2 aromatic heterocycles. The highest BCUT2D eigenvalue weighted by Gasteiger charge is 2.07. The maximum absolute atomic E-state index is 4.31. The summed E-state index contributed by atoms with van der Waals surface area (Å²) in [5, 5.41) is 3.28. The lowest BCUT2D eigenvalue weighted by Crippen LogP contribution is -2.03. The molecule has 3 rings (SSSR count).